The van der Waals surface area contributed by atoms with Gasteiger partial charge in [0.25, 0.3) is 5.91 Å². The zero-order chi connectivity index (χ0) is 23.7. The molecule has 6 nitrogen and oxygen atoms in total. The highest BCUT2D eigenvalue weighted by molar-refractivity contribution is 7.99. The van der Waals surface area contributed by atoms with Crippen LogP contribution in [0.15, 0.2) is 29.6 Å². The number of benzene rings is 1. The van der Waals surface area contributed by atoms with E-state index in [1.165, 1.54) is 0 Å². The highest BCUT2D eigenvalue weighted by Gasteiger charge is 2.48. The van der Waals surface area contributed by atoms with Gasteiger partial charge in [-0.15, -0.1) is 18.2 Å². The number of alkyl halides is 3. The van der Waals surface area contributed by atoms with Gasteiger partial charge in [0.15, 0.2) is 0 Å². The number of carbonyl (C=O) groups excluding carboxylic acids is 1. The Kier molecular flexibility index (Phi) is 6.60. The molecule has 1 aromatic heterocycles. The van der Waals surface area contributed by atoms with Gasteiger partial charge in [-0.3, -0.25) is 9.78 Å². The number of thioether (sulfide) groups is 1. The van der Waals surface area contributed by atoms with Crippen molar-refractivity contribution in [3.05, 3.63) is 35.5 Å². The standard InChI is InChI=1S/C22H22F3N3O3S/c1-6-13-8-14-9-15(7-12(2)18(14)26-11-13)30-20(32-5)19(29)27-21(3,4)16-10-17(31-28-16)22(23,24)25/h1,7-9,11,17,20H,10H2,2-5H3,(H,27,29). The molecule has 10 heteroatoms. The van der Waals surface area contributed by atoms with E-state index in [-0.39, 0.29) is 5.71 Å². The van der Waals surface area contributed by atoms with Crippen LogP contribution in [0.25, 0.3) is 10.9 Å². The third-order valence-electron chi connectivity index (χ3n) is 4.98. The number of halogens is 3. The third kappa shape index (κ3) is 5.10. The summed E-state index contributed by atoms with van der Waals surface area (Å²) in [5.74, 6) is 2.47. The van der Waals surface area contributed by atoms with Crippen LogP contribution in [0.2, 0.25) is 0 Å². The van der Waals surface area contributed by atoms with Gasteiger partial charge in [0.1, 0.15) is 5.75 Å². The molecule has 1 amide bonds. The molecule has 1 aliphatic heterocycles. The van der Waals surface area contributed by atoms with Crippen LogP contribution < -0.4 is 10.1 Å². The van der Waals surface area contributed by atoms with Gasteiger partial charge >= 0.3 is 6.18 Å². The Morgan fingerprint density at radius 1 is 1.38 bits per heavy atom. The average molecular weight is 465 g/mol. The van der Waals surface area contributed by atoms with Crippen LogP contribution >= 0.6 is 11.8 Å². The number of fused-ring (bicyclic) bond motifs is 1. The van der Waals surface area contributed by atoms with E-state index in [0.717, 1.165) is 28.2 Å². The Morgan fingerprint density at radius 2 is 2.09 bits per heavy atom. The van der Waals surface area contributed by atoms with Crippen LogP contribution in [0.4, 0.5) is 13.2 Å². The van der Waals surface area contributed by atoms with E-state index in [0.29, 0.717) is 11.3 Å². The molecule has 0 saturated heterocycles. The summed E-state index contributed by atoms with van der Waals surface area (Å²) in [6.07, 6.45) is 1.75. The minimum absolute atomic E-state index is 0.0995. The lowest BCUT2D eigenvalue weighted by Gasteiger charge is -2.28. The zero-order valence-electron chi connectivity index (χ0n) is 17.9. The van der Waals surface area contributed by atoms with Crippen molar-refractivity contribution in [1.29, 1.82) is 0 Å². The van der Waals surface area contributed by atoms with Crippen LogP contribution in [0.1, 0.15) is 31.4 Å². The first-order valence-corrected chi connectivity index (χ1v) is 10.9. The number of hydrogen-bond donors (Lipinski definition) is 1. The number of oxime groups is 1. The third-order valence-corrected chi connectivity index (χ3v) is 5.71. The number of nitrogens with zero attached hydrogens (tertiary/aromatic N) is 2. The van der Waals surface area contributed by atoms with Crippen molar-refractivity contribution >= 4 is 34.3 Å². The van der Waals surface area contributed by atoms with E-state index in [9.17, 15) is 18.0 Å². The first kappa shape index (κ1) is 23.7. The number of carbonyl (C=O) groups is 1. The lowest BCUT2D eigenvalue weighted by molar-refractivity contribution is -0.212. The number of nitrogens with one attached hydrogen (secondary N) is 1. The van der Waals surface area contributed by atoms with Gasteiger partial charge < -0.3 is 14.9 Å². The van der Waals surface area contributed by atoms with Gasteiger partial charge in [-0.2, -0.15) is 13.2 Å². The predicted molar refractivity (Wildman–Crippen MR) is 118 cm³/mol. The SMILES string of the molecule is C#Cc1cnc2c(C)cc(OC(SC)C(=O)NC(C)(C)C3=NOC(C(F)(F)F)C3)cc2c1. The molecule has 1 aliphatic rings. The van der Waals surface area contributed by atoms with Crippen molar-refractivity contribution in [2.75, 3.05) is 6.26 Å². The van der Waals surface area contributed by atoms with Crippen molar-refractivity contribution in [1.82, 2.24) is 10.3 Å². The smallest absolute Gasteiger partial charge is 0.428 e. The molecular formula is C22H22F3N3O3S. The highest BCUT2D eigenvalue weighted by atomic mass is 32.2. The van der Waals surface area contributed by atoms with E-state index in [1.54, 1.807) is 44.5 Å². The summed E-state index contributed by atoms with van der Waals surface area (Å²) in [4.78, 5) is 21.7. The maximum atomic E-state index is 12.9. The average Bonchev–Trinajstić information content (AvgIpc) is 3.23. The minimum Gasteiger partial charge on any atom is -0.470 e. The number of hydrogen-bond acceptors (Lipinski definition) is 6. The Labute approximate surface area is 187 Å². The lowest BCUT2D eigenvalue weighted by atomic mass is 9.94. The van der Waals surface area contributed by atoms with E-state index < -0.39 is 35.6 Å². The predicted octanol–water partition coefficient (Wildman–Crippen LogP) is 4.19. The van der Waals surface area contributed by atoms with Gasteiger partial charge in [-0.1, -0.05) is 11.1 Å². The van der Waals surface area contributed by atoms with Crippen LogP contribution in [-0.2, 0) is 9.63 Å². The Morgan fingerprint density at radius 3 is 2.69 bits per heavy atom. The van der Waals surface area contributed by atoms with Crippen LogP contribution in [0.3, 0.4) is 0 Å². The van der Waals surface area contributed by atoms with Crippen molar-refractivity contribution in [2.24, 2.45) is 5.16 Å². The summed E-state index contributed by atoms with van der Waals surface area (Å²) in [5, 5.41) is 7.03. The molecule has 0 saturated carbocycles. The molecule has 1 N–H and O–H groups in total. The highest BCUT2D eigenvalue weighted by Crippen LogP contribution is 2.32. The summed E-state index contributed by atoms with van der Waals surface area (Å²) in [6.45, 7) is 5.00. The number of ether oxygens (including phenoxy) is 1. The summed E-state index contributed by atoms with van der Waals surface area (Å²) in [6, 6.07) is 5.30. The minimum atomic E-state index is -4.53. The lowest BCUT2D eigenvalue weighted by Crippen LogP contribution is -2.53. The first-order chi connectivity index (χ1) is 14.9. The number of aryl methyl sites for hydroxylation is 1. The molecule has 32 heavy (non-hydrogen) atoms. The van der Waals surface area contributed by atoms with Gasteiger partial charge in [0, 0.05) is 23.6 Å². The van der Waals surface area contributed by atoms with Gasteiger partial charge in [0.05, 0.1) is 16.8 Å². The topological polar surface area (TPSA) is 72.8 Å². The fraction of sp³-hybridized carbons (Fsp3) is 0.409. The number of aromatic nitrogens is 1. The molecular weight excluding hydrogens is 443 g/mol. The van der Waals surface area contributed by atoms with Crippen LogP contribution in [-0.4, -0.2) is 46.1 Å². The van der Waals surface area contributed by atoms with Crippen molar-refractivity contribution in [3.8, 4) is 18.1 Å². The van der Waals surface area contributed by atoms with Gasteiger partial charge in [0.2, 0.25) is 11.5 Å². The van der Waals surface area contributed by atoms with Crippen molar-refractivity contribution < 1.29 is 27.5 Å². The largest absolute Gasteiger partial charge is 0.470 e. The van der Waals surface area contributed by atoms with Crippen LogP contribution in [0, 0.1) is 19.3 Å². The van der Waals surface area contributed by atoms with Crippen molar-refractivity contribution in [2.45, 2.75) is 50.4 Å². The zero-order valence-corrected chi connectivity index (χ0v) is 18.7. The monoisotopic (exact) mass is 465 g/mol. The van der Waals surface area contributed by atoms with Crippen molar-refractivity contribution in [3.63, 3.8) is 0 Å². The van der Waals surface area contributed by atoms with E-state index >= 15 is 0 Å². The van der Waals surface area contributed by atoms with Crippen LogP contribution in [0.5, 0.6) is 5.75 Å². The van der Waals surface area contributed by atoms with E-state index in [4.69, 9.17) is 11.2 Å². The number of pyridine rings is 1. The molecule has 170 valence electrons. The fourth-order valence-corrected chi connectivity index (χ4v) is 3.72. The summed E-state index contributed by atoms with van der Waals surface area (Å²) < 4.78 is 44.5. The van der Waals surface area contributed by atoms with Gasteiger partial charge in [-0.25, -0.2) is 0 Å². The number of amides is 1. The second-order valence-electron chi connectivity index (χ2n) is 7.86. The van der Waals surface area contributed by atoms with E-state index in [2.05, 4.69) is 26.2 Å². The molecule has 2 unspecified atom stereocenters. The molecule has 3 rings (SSSR count). The molecule has 0 radical (unpaired) electrons. The van der Waals surface area contributed by atoms with E-state index in [1.807, 2.05) is 6.92 Å². The second kappa shape index (κ2) is 8.90. The molecule has 0 spiro atoms. The summed E-state index contributed by atoms with van der Waals surface area (Å²) in [7, 11) is 0. The Hall–Kier alpha value is -2.93. The molecule has 2 aromatic rings. The Bertz CT molecular complexity index is 1110. The second-order valence-corrected chi connectivity index (χ2v) is 8.76. The molecule has 2 heterocycles. The fourth-order valence-electron chi connectivity index (χ4n) is 3.24. The maximum absolute atomic E-state index is 12.9. The summed E-state index contributed by atoms with van der Waals surface area (Å²) >= 11 is 1.15. The first-order valence-electron chi connectivity index (χ1n) is 9.63. The number of rotatable bonds is 6. The summed E-state index contributed by atoms with van der Waals surface area (Å²) in [5.41, 5.74) is 0.225. The maximum Gasteiger partial charge on any atom is 0.428 e. The Balaban J connectivity index is 1.74. The number of terminal acetylenes is 1. The molecule has 0 aliphatic carbocycles. The molecule has 0 bridgehead atoms. The quantitative estimate of drug-likeness (QED) is 0.512. The van der Waals surface area contributed by atoms with Gasteiger partial charge in [-0.05, 0) is 50.8 Å². The molecule has 0 fully saturated rings. The normalized spacial score (nSPS) is 17.3. The molecule has 1 aromatic carbocycles. The molecule has 2 atom stereocenters.